The molecule has 7 heteroatoms. The number of aromatic carboxylic acids is 1. The molecule has 0 spiro atoms. The third kappa shape index (κ3) is 3.46. The lowest BCUT2D eigenvalue weighted by molar-refractivity contribution is -0.385. The summed E-state index contributed by atoms with van der Waals surface area (Å²) in [6, 6.07) is 7.89. The summed E-state index contributed by atoms with van der Waals surface area (Å²) in [5.41, 5.74) is 0.730. The molecule has 2 aromatic rings. The van der Waals surface area contributed by atoms with Crippen LogP contribution in [0.4, 0.5) is 5.69 Å². The quantitative estimate of drug-likeness (QED) is 0.625. The number of hydrogen-bond donors (Lipinski definition) is 2. The highest BCUT2D eigenvalue weighted by Crippen LogP contribution is 2.18. The van der Waals surface area contributed by atoms with Crippen molar-refractivity contribution in [2.75, 3.05) is 0 Å². The van der Waals surface area contributed by atoms with Gasteiger partial charge in [0.2, 0.25) is 0 Å². The van der Waals surface area contributed by atoms with Gasteiger partial charge in [-0.3, -0.25) is 10.1 Å². The highest BCUT2D eigenvalue weighted by Gasteiger charge is 2.14. The smallest absolute Gasteiger partial charge is 0.339 e. The lowest BCUT2D eigenvalue weighted by Gasteiger charge is -2.03. The van der Waals surface area contributed by atoms with E-state index < -0.39 is 10.9 Å². The van der Waals surface area contributed by atoms with Crippen LogP contribution >= 0.6 is 0 Å². The number of nitrogens with zero attached hydrogens (tertiary/aromatic N) is 1. The molecule has 0 aliphatic rings. The maximum absolute atomic E-state index is 10.9. The molecule has 0 radical (unpaired) electrons. The SMILES string of the molecule is Cc1oc(CNCc2ccccc2[N+](=O)[O-])cc1C(=O)O. The summed E-state index contributed by atoms with van der Waals surface area (Å²) in [6.07, 6.45) is 0. The zero-order valence-electron chi connectivity index (χ0n) is 11.3. The lowest BCUT2D eigenvalue weighted by Crippen LogP contribution is -2.13. The zero-order chi connectivity index (χ0) is 15.4. The van der Waals surface area contributed by atoms with Crippen molar-refractivity contribution >= 4 is 11.7 Å². The first kappa shape index (κ1) is 14.7. The number of benzene rings is 1. The van der Waals surface area contributed by atoms with Crippen molar-refractivity contribution in [3.05, 3.63) is 63.1 Å². The lowest BCUT2D eigenvalue weighted by atomic mass is 10.2. The molecule has 1 aromatic carbocycles. The first-order valence-corrected chi connectivity index (χ1v) is 6.24. The Morgan fingerprint density at radius 2 is 2.10 bits per heavy atom. The average molecular weight is 290 g/mol. The molecule has 1 aromatic heterocycles. The maximum Gasteiger partial charge on any atom is 0.339 e. The Morgan fingerprint density at radius 1 is 1.38 bits per heavy atom. The van der Waals surface area contributed by atoms with Crippen LogP contribution in [0.15, 0.2) is 34.7 Å². The molecule has 1 heterocycles. The number of furan rings is 1. The molecule has 0 unspecified atom stereocenters. The van der Waals surface area contributed by atoms with Gasteiger partial charge in [-0.25, -0.2) is 4.79 Å². The van der Waals surface area contributed by atoms with Crippen LogP contribution in [-0.4, -0.2) is 16.0 Å². The number of para-hydroxylation sites is 1. The highest BCUT2D eigenvalue weighted by molar-refractivity contribution is 5.88. The van der Waals surface area contributed by atoms with Crippen LogP contribution in [0, 0.1) is 17.0 Å². The zero-order valence-corrected chi connectivity index (χ0v) is 11.3. The predicted octanol–water partition coefficient (Wildman–Crippen LogP) is 2.48. The fourth-order valence-electron chi connectivity index (χ4n) is 2.00. The normalized spacial score (nSPS) is 10.5. The molecule has 0 amide bonds. The second-order valence-electron chi connectivity index (χ2n) is 4.48. The van der Waals surface area contributed by atoms with Crippen molar-refractivity contribution in [2.24, 2.45) is 0 Å². The van der Waals surface area contributed by atoms with Crippen molar-refractivity contribution in [1.82, 2.24) is 5.32 Å². The third-order valence-corrected chi connectivity index (χ3v) is 3.00. The standard InChI is InChI=1S/C14H14N2O5/c1-9-12(14(17)18)6-11(21-9)8-15-7-10-4-2-3-5-13(10)16(19)20/h2-6,15H,7-8H2,1H3,(H,17,18). The Morgan fingerprint density at radius 3 is 2.71 bits per heavy atom. The highest BCUT2D eigenvalue weighted by atomic mass is 16.6. The second kappa shape index (κ2) is 6.19. The van der Waals surface area contributed by atoms with E-state index >= 15 is 0 Å². The van der Waals surface area contributed by atoms with Crippen LogP contribution in [0.2, 0.25) is 0 Å². The summed E-state index contributed by atoms with van der Waals surface area (Å²) >= 11 is 0. The number of carboxylic acids is 1. The van der Waals surface area contributed by atoms with Crippen LogP contribution < -0.4 is 5.32 Å². The van der Waals surface area contributed by atoms with Crippen molar-refractivity contribution < 1.29 is 19.2 Å². The Bertz CT molecular complexity index is 678. The van der Waals surface area contributed by atoms with Gasteiger partial charge in [0.05, 0.1) is 11.5 Å². The van der Waals surface area contributed by atoms with E-state index in [4.69, 9.17) is 9.52 Å². The summed E-state index contributed by atoms with van der Waals surface area (Å²) in [6.45, 7) is 2.16. The van der Waals surface area contributed by atoms with Crippen LogP contribution in [0.3, 0.4) is 0 Å². The van der Waals surface area contributed by atoms with Gasteiger partial charge in [0.25, 0.3) is 5.69 Å². The van der Waals surface area contributed by atoms with E-state index in [0.717, 1.165) is 0 Å². The number of carbonyl (C=O) groups is 1. The molecule has 2 N–H and O–H groups in total. The van der Waals surface area contributed by atoms with Crippen LogP contribution in [0.25, 0.3) is 0 Å². The molecule has 21 heavy (non-hydrogen) atoms. The Balaban J connectivity index is 2.00. The second-order valence-corrected chi connectivity index (χ2v) is 4.48. The molecule has 0 saturated carbocycles. The number of nitro benzene ring substituents is 1. The molecule has 0 saturated heterocycles. The van der Waals surface area contributed by atoms with Crippen LogP contribution in [0.1, 0.15) is 27.4 Å². The Kier molecular flexibility index (Phi) is 4.34. The first-order chi connectivity index (χ1) is 9.99. The summed E-state index contributed by atoms with van der Waals surface area (Å²) in [5, 5.41) is 22.8. The molecule has 0 aliphatic heterocycles. The van der Waals surface area contributed by atoms with Gasteiger partial charge in [0, 0.05) is 18.2 Å². The van der Waals surface area contributed by atoms with E-state index in [1.54, 1.807) is 25.1 Å². The molecular weight excluding hydrogens is 276 g/mol. The van der Waals surface area contributed by atoms with Crippen molar-refractivity contribution in [3.8, 4) is 0 Å². The summed E-state index contributed by atoms with van der Waals surface area (Å²) < 4.78 is 5.31. The van der Waals surface area contributed by atoms with E-state index in [-0.39, 0.29) is 11.3 Å². The Hall–Kier alpha value is -2.67. The molecular formula is C14H14N2O5. The number of aryl methyl sites for hydroxylation is 1. The van der Waals surface area contributed by atoms with Gasteiger partial charge in [-0.05, 0) is 13.0 Å². The van der Waals surface area contributed by atoms with Crippen molar-refractivity contribution in [3.63, 3.8) is 0 Å². The van der Waals surface area contributed by atoms with Gasteiger partial charge in [-0.15, -0.1) is 0 Å². The van der Waals surface area contributed by atoms with E-state index in [0.29, 0.717) is 30.2 Å². The van der Waals surface area contributed by atoms with Gasteiger partial charge < -0.3 is 14.8 Å². The van der Waals surface area contributed by atoms with Gasteiger partial charge in [-0.1, -0.05) is 18.2 Å². The van der Waals surface area contributed by atoms with E-state index in [1.165, 1.54) is 12.1 Å². The molecule has 0 fully saturated rings. The van der Waals surface area contributed by atoms with E-state index in [9.17, 15) is 14.9 Å². The third-order valence-electron chi connectivity index (χ3n) is 3.00. The number of carboxylic acid groups (broad SMARTS) is 1. The molecule has 110 valence electrons. The monoisotopic (exact) mass is 290 g/mol. The number of hydrogen-bond acceptors (Lipinski definition) is 5. The Labute approximate surface area is 120 Å². The molecule has 0 aliphatic carbocycles. The number of nitro groups is 1. The minimum atomic E-state index is -1.04. The summed E-state index contributed by atoms with van der Waals surface area (Å²) in [7, 11) is 0. The van der Waals surface area contributed by atoms with Gasteiger partial charge in [-0.2, -0.15) is 0 Å². The number of rotatable bonds is 6. The minimum Gasteiger partial charge on any atom is -0.478 e. The van der Waals surface area contributed by atoms with Crippen molar-refractivity contribution in [1.29, 1.82) is 0 Å². The summed E-state index contributed by atoms with van der Waals surface area (Å²) in [4.78, 5) is 21.3. The van der Waals surface area contributed by atoms with Crippen LogP contribution in [-0.2, 0) is 13.1 Å². The fourth-order valence-corrected chi connectivity index (χ4v) is 2.00. The molecule has 7 nitrogen and oxygen atoms in total. The van der Waals surface area contributed by atoms with Gasteiger partial charge in [0.1, 0.15) is 17.1 Å². The fraction of sp³-hybridized carbons (Fsp3) is 0.214. The predicted molar refractivity (Wildman–Crippen MR) is 74.0 cm³/mol. The summed E-state index contributed by atoms with van der Waals surface area (Å²) in [5.74, 6) is -0.227. The largest absolute Gasteiger partial charge is 0.478 e. The number of nitrogens with one attached hydrogen (secondary N) is 1. The first-order valence-electron chi connectivity index (χ1n) is 6.24. The minimum absolute atomic E-state index is 0.0480. The van der Waals surface area contributed by atoms with E-state index in [2.05, 4.69) is 5.32 Å². The van der Waals surface area contributed by atoms with Crippen LogP contribution in [0.5, 0.6) is 0 Å². The topological polar surface area (TPSA) is 106 Å². The average Bonchev–Trinajstić information content (AvgIpc) is 2.80. The molecule has 0 atom stereocenters. The molecule has 0 bridgehead atoms. The van der Waals surface area contributed by atoms with E-state index in [1.807, 2.05) is 0 Å². The van der Waals surface area contributed by atoms with Gasteiger partial charge in [0.15, 0.2) is 0 Å². The van der Waals surface area contributed by atoms with Crippen molar-refractivity contribution in [2.45, 2.75) is 20.0 Å². The molecule has 2 rings (SSSR count). The maximum atomic E-state index is 10.9. The van der Waals surface area contributed by atoms with Gasteiger partial charge >= 0.3 is 5.97 Å².